The van der Waals surface area contributed by atoms with Crippen LogP contribution in [-0.2, 0) is 23.9 Å². The lowest BCUT2D eigenvalue weighted by atomic mass is 9.95. The fourth-order valence-electron chi connectivity index (χ4n) is 3.93. The first-order valence-corrected chi connectivity index (χ1v) is 11.3. The lowest BCUT2D eigenvalue weighted by Crippen LogP contribution is -2.18. The van der Waals surface area contributed by atoms with Gasteiger partial charge in [-0.05, 0) is 45.2 Å². The first-order valence-electron chi connectivity index (χ1n) is 11.3. The second-order valence-electron chi connectivity index (χ2n) is 8.07. The molecule has 0 radical (unpaired) electrons. The van der Waals surface area contributed by atoms with Crippen molar-refractivity contribution in [2.45, 2.75) is 52.4 Å². The first-order chi connectivity index (χ1) is 15.9. The summed E-state index contributed by atoms with van der Waals surface area (Å²) in [5.74, 6) is -2.27. The second kappa shape index (κ2) is 11.3. The topological polar surface area (TPSA) is 77.5 Å². The Morgan fingerprint density at radius 1 is 0.576 bits per heavy atom. The monoisotopic (exact) mass is 444 g/mol. The SMILES string of the molecule is CCCC(=O)CC(=O)OC(=O)CC(=O)CCC.c1cc2ccc3cccc4ccc(c1)c2c34. The Bertz CT molecular complexity index is 1130. The number of esters is 2. The van der Waals surface area contributed by atoms with Gasteiger partial charge < -0.3 is 4.74 Å². The van der Waals surface area contributed by atoms with Gasteiger partial charge in [-0.25, -0.2) is 0 Å². The molecule has 4 aromatic carbocycles. The highest BCUT2D eigenvalue weighted by molar-refractivity contribution is 6.22. The maximum absolute atomic E-state index is 11.1. The molecule has 0 amide bonds. The molecule has 0 heterocycles. The Kier molecular flexibility index (Phi) is 8.25. The number of hydrogen-bond acceptors (Lipinski definition) is 5. The molecule has 33 heavy (non-hydrogen) atoms. The third kappa shape index (κ3) is 6.22. The Hall–Kier alpha value is -3.60. The van der Waals surface area contributed by atoms with Crippen LogP contribution in [0.3, 0.4) is 0 Å². The van der Waals surface area contributed by atoms with Crippen LogP contribution >= 0.6 is 0 Å². The third-order valence-electron chi connectivity index (χ3n) is 5.36. The van der Waals surface area contributed by atoms with Crippen molar-refractivity contribution in [2.75, 3.05) is 0 Å². The van der Waals surface area contributed by atoms with Crippen LogP contribution in [0.4, 0.5) is 0 Å². The molecule has 5 nitrogen and oxygen atoms in total. The number of hydrogen-bond donors (Lipinski definition) is 0. The highest BCUT2D eigenvalue weighted by Crippen LogP contribution is 2.33. The zero-order valence-corrected chi connectivity index (χ0v) is 19.1. The van der Waals surface area contributed by atoms with Gasteiger partial charge in [-0.15, -0.1) is 0 Å². The molecule has 0 saturated heterocycles. The molecule has 0 aliphatic carbocycles. The van der Waals surface area contributed by atoms with Gasteiger partial charge in [0.15, 0.2) is 0 Å². The number of rotatable bonds is 8. The van der Waals surface area contributed by atoms with Crippen LogP contribution < -0.4 is 0 Å². The molecule has 0 N–H and O–H groups in total. The zero-order valence-electron chi connectivity index (χ0n) is 19.1. The summed E-state index contributed by atoms with van der Waals surface area (Å²) in [6.07, 6.45) is 1.07. The minimum Gasteiger partial charge on any atom is -0.392 e. The Morgan fingerprint density at radius 3 is 1.21 bits per heavy atom. The average Bonchev–Trinajstić information content (AvgIpc) is 2.78. The highest BCUT2D eigenvalue weighted by atomic mass is 16.6. The van der Waals surface area contributed by atoms with Crippen molar-refractivity contribution in [3.63, 3.8) is 0 Å². The largest absolute Gasteiger partial charge is 0.392 e. The van der Waals surface area contributed by atoms with Gasteiger partial charge in [-0.3, -0.25) is 19.2 Å². The van der Waals surface area contributed by atoms with E-state index in [1.54, 1.807) is 0 Å². The maximum atomic E-state index is 11.1. The number of carbonyl (C=O) groups excluding carboxylic acids is 4. The van der Waals surface area contributed by atoms with Gasteiger partial charge in [0, 0.05) is 12.8 Å². The summed E-state index contributed by atoms with van der Waals surface area (Å²) in [4.78, 5) is 44.4. The van der Waals surface area contributed by atoms with Crippen LogP contribution in [0, 0.1) is 0 Å². The molecule has 0 atom stereocenters. The molecule has 0 aliphatic heterocycles. The summed E-state index contributed by atoms with van der Waals surface area (Å²) in [6, 6.07) is 21.9. The van der Waals surface area contributed by atoms with E-state index < -0.39 is 24.8 Å². The molecule has 5 heteroatoms. The minimum absolute atomic E-state index is 0.259. The fraction of sp³-hybridized carbons (Fsp3) is 0.286. The van der Waals surface area contributed by atoms with Gasteiger partial charge in [-0.2, -0.15) is 0 Å². The summed E-state index contributed by atoms with van der Waals surface area (Å²) in [7, 11) is 0. The van der Waals surface area contributed by atoms with E-state index in [1.807, 2.05) is 13.8 Å². The normalized spacial score (nSPS) is 10.7. The Labute approximate surface area is 193 Å². The lowest BCUT2D eigenvalue weighted by Gasteiger charge is -2.09. The van der Waals surface area contributed by atoms with Gasteiger partial charge in [-0.1, -0.05) is 74.5 Å². The summed E-state index contributed by atoms with van der Waals surface area (Å²) in [5, 5.41) is 8.14. The number of Topliss-reactive ketones (excluding diaryl/α,β-unsaturated/α-hetero) is 2. The molecule has 4 aromatic rings. The highest BCUT2D eigenvalue weighted by Gasteiger charge is 2.16. The van der Waals surface area contributed by atoms with E-state index in [0.29, 0.717) is 12.8 Å². The molecule has 0 aromatic heterocycles. The fourth-order valence-corrected chi connectivity index (χ4v) is 3.93. The summed E-state index contributed by atoms with van der Waals surface area (Å²) < 4.78 is 4.36. The van der Waals surface area contributed by atoms with E-state index in [0.717, 1.165) is 0 Å². The number of benzene rings is 4. The molecule has 0 aliphatic rings. The van der Waals surface area contributed by atoms with Crippen molar-refractivity contribution in [1.29, 1.82) is 0 Å². The number of carbonyl (C=O) groups is 4. The van der Waals surface area contributed by atoms with E-state index in [4.69, 9.17) is 0 Å². The molecule has 0 fully saturated rings. The van der Waals surface area contributed by atoms with E-state index in [1.165, 1.54) is 32.3 Å². The maximum Gasteiger partial charge on any atom is 0.320 e. The van der Waals surface area contributed by atoms with E-state index >= 15 is 0 Å². The zero-order chi connectivity index (χ0) is 23.8. The van der Waals surface area contributed by atoms with Gasteiger partial charge in [0.2, 0.25) is 0 Å². The van der Waals surface area contributed by atoms with Crippen molar-refractivity contribution in [2.24, 2.45) is 0 Å². The quantitative estimate of drug-likeness (QED) is 0.185. The molecule has 0 unspecified atom stereocenters. The van der Waals surface area contributed by atoms with Gasteiger partial charge in [0.05, 0.1) is 0 Å². The Balaban J connectivity index is 0.000000185. The molecule has 4 rings (SSSR count). The lowest BCUT2D eigenvalue weighted by molar-refractivity contribution is -0.160. The third-order valence-corrected chi connectivity index (χ3v) is 5.36. The van der Waals surface area contributed by atoms with Crippen molar-refractivity contribution in [3.8, 4) is 0 Å². The van der Waals surface area contributed by atoms with Crippen molar-refractivity contribution >= 4 is 55.8 Å². The van der Waals surface area contributed by atoms with Crippen molar-refractivity contribution in [1.82, 2.24) is 0 Å². The molecule has 0 bridgehead atoms. The van der Waals surface area contributed by atoms with Crippen LogP contribution in [0.2, 0.25) is 0 Å². The van der Waals surface area contributed by atoms with Crippen LogP contribution in [-0.4, -0.2) is 23.5 Å². The molecular formula is C28H28O5. The summed E-state index contributed by atoms with van der Waals surface area (Å²) in [5.41, 5.74) is 0. The van der Waals surface area contributed by atoms with Crippen molar-refractivity contribution < 1.29 is 23.9 Å². The van der Waals surface area contributed by atoms with Gasteiger partial charge in [0.25, 0.3) is 0 Å². The van der Waals surface area contributed by atoms with E-state index in [-0.39, 0.29) is 24.4 Å². The van der Waals surface area contributed by atoms with Gasteiger partial charge >= 0.3 is 11.9 Å². The van der Waals surface area contributed by atoms with Crippen LogP contribution in [0.25, 0.3) is 32.3 Å². The van der Waals surface area contributed by atoms with E-state index in [2.05, 4.69) is 65.4 Å². The predicted molar refractivity (Wildman–Crippen MR) is 130 cm³/mol. The number of ketones is 2. The predicted octanol–water partition coefficient (Wildman–Crippen LogP) is 6.16. The smallest absolute Gasteiger partial charge is 0.320 e. The molecular weight excluding hydrogens is 416 g/mol. The van der Waals surface area contributed by atoms with Crippen LogP contribution in [0.5, 0.6) is 0 Å². The molecule has 170 valence electrons. The van der Waals surface area contributed by atoms with Gasteiger partial charge in [0.1, 0.15) is 24.4 Å². The van der Waals surface area contributed by atoms with Crippen molar-refractivity contribution in [3.05, 3.63) is 60.7 Å². The van der Waals surface area contributed by atoms with Crippen LogP contribution in [0.15, 0.2) is 60.7 Å². The van der Waals surface area contributed by atoms with E-state index in [9.17, 15) is 19.2 Å². The first kappa shape index (κ1) is 24.1. The molecule has 0 saturated carbocycles. The van der Waals surface area contributed by atoms with Crippen LogP contribution in [0.1, 0.15) is 52.4 Å². The number of ether oxygens (including phenoxy) is 1. The second-order valence-corrected chi connectivity index (χ2v) is 8.07. The summed E-state index contributed by atoms with van der Waals surface area (Å²) >= 11 is 0. The molecule has 0 spiro atoms. The summed E-state index contributed by atoms with van der Waals surface area (Å²) in [6.45, 7) is 3.63. The minimum atomic E-state index is -0.877. The Morgan fingerprint density at radius 2 is 0.909 bits per heavy atom. The standard InChI is InChI=1S/C16H10.C12H18O5/c1-3-11-7-9-13-5-2-6-14-10-8-12(4-1)15(11)16(13)14;1-3-5-9(13)7-11(15)17-12(16)8-10(14)6-4-2/h1-10H;3-8H2,1-2H3. The average molecular weight is 445 g/mol.